The highest BCUT2D eigenvalue weighted by Gasteiger charge is 2.30. The van der Waals surface area contributed by atoms with Crippen molar-refractivity contribution in [3.63, 3.8) is 0 Å². The van der Waals surface area contributed by atoms with Crippen LogP contribution in [-0.4, -0.2) is 0 Å². The molecule has 0 aliphatic carbocycles. The van der Waals surface area contributed by atoms with Gasteiger partial charge in [-0.05, 0) is 35.9 Å². The quantitative estimate of drug-likeness (QED) is 0.855. The summed E-state index contributed by atoms with van der Waals surface area (Å²) in [6.07, 6.45) is -4.39. The summed E-state index contributed by atoms with van der Waals surface area (Å²) in [7, 11) is 0. The highest BCUT2D eigenvalue weighted by atomic mass is 19.4. The minimum atomic E-state index is -4.39. The van der Waals surface area contributed by atoms with Gasteiger partial charge in [-0.1, -0.05) is 12.1 Å². The molecule has 0 bridgehead atoms. The summed E-state index contributed by atoms with van der Waals surface area (Å²) < 4.78 is 51.1. The third-order valence-corrected chi connectivity index (χ3v) is 2.84. The van der Waals surface area contributed by atoms with E-state index < -0.39 is 17.6 Å². The molecule has 0 unspecified atom stereocenters. The molecule has 0 saturated carbocycles. The lowest BCUT2D eigenvalue weighted by atomic mass is 10.1. The molecule has 0 radical (unpaired) electrons. The number of nitrogens with one attached hydrogen (secondary N) is 1. The Morgan fingerprint density at radius 2 is 1.86 bits per heavy atom. The number of benzene rings is 2. The van der Waals surface area contributed by atoms with Crippen molar-refractivity contribution in [3.05, 3.63) is 65.0 Å². The van der Waals surface area contributed by atoms with Gasteiger partial charge in [0.25, 0.3) is 0 Å². The third-order valence-electron chi connectivity index (χ3n) is 2.84. The zero-order valence-corrected chi connectivity index (χ0v) is 10.7. The number of alkyl halides is 3. The van der Waals surface area contributed by atoms with Gasteiger partial charge < -0.3 is 5.32 Å². The lowest BCUT2D eigenvalue weighted by Gasteiger charge is -2.10. The third kappa shape index (κ3) is 3.72. The zero-order valence-electron chi connectivity index (χ0n) is 10.7. The van der Waals surface area contributed by atoms with Gasteiger partial charge in [0.2, 0.25) is 0 Å². The van der Waals surface area contributed by atoms with Gasteiger partial charge in [-0.2, -0.15) is 18.4 Å². The second kappa shape index (κ2) is 5.83. The molecular weight excluding hydrogens is 284 g/mol. The molecule has 2 nitrogen and oxygen atoms in total. The van der Waals surface area contributed by atoms with Crippen LogP contribution in [0.5, 0.6) is 0 Å². The van der Waals surface area contributed by atoms with Crippen LogP contribution in [0.2, 0.25) is 0 Å². The van der Waals surface area contributed by atoms with E-state index in [2.05, 4.69) is 5.32 Å². The second-order valence-corrected chi connectivity index (χ2v) is 4.36. The van der Waals surface area contributed by atoms with Gasteiger partial charge >= 0.3 is 6.18 Å². The van der Waals surface area contributed by atoms with Crippen LogP contribution in [-0.2, 0) is 12.7 Å². The van der Waals surface area contributed by atoms with Crippen LogP contribution in [0.3, 0.4) is 0 Å². The van der Waals surface area contributed by atoms with Crippen LogP contribution >= 0.6 is 0 Å². The predicted octanol–water partition coefficient (Wildman–Crippen LogP) is 4.33. The van der Waals surface area contributed by atoms with Crippen molar-refractivity contribution < 1.29 is 17.6 Å². The van der Waals surface area contributed by atoms with Gasteiger partial charge in [-0.3, -0.25) is 0 Å². The van der Waals surface area contributed by atoms with Gasteiger partial charge in [0, 0.05) is 12.2 Å². The standard InChI is InChI=1S/C15H10F4N2/c16-14-7-13(5-4-11(14)8-20)21-9-10-2-1-3-12(6-10)15(17,18)19/h1-7,21H,9H2. The van der Waals surface area contributed by atoms with Crippen molar-refractivity contribution in [2.75, 3.05) is 5.32 Å². The molecule has 21 heavy (non-hydrogen) atoms. The molecule has 1 N–H and O–H groups in total. The summed E-state index contributed by atoms with van der Waals surface area (Å²) in [5.41, 5.74) is 0.00549. The van der Waals surface area contributed by atoms with E-state index in [1.165, 1.54) is 18.2 Å². The first kappa shape index (κ1) is 14.9. The molecule has 2 aromatic rings. The highest BCUT2D eigenvalue weighted by Crippen LogP contribution is 2.29. The summed E-state index contributed by atoms with van der Waals surface area (Å²) >= 11 is 0. The first-order valence-corrected chi connectivity index (χ1v) is 6.00. The van der Waals surface area contributed by atoms with E-state index in [1.807, 2.05) is 0 Å². The Balaban J connectivity index is 2.10. The average Bonchev–Trinajstić information content (AvgIpc) is 2.45. The van der Waals surface area contributed by atoms with Crippen LogP contribution in [0.15, 0.2) is 42.5 Å². The van der Waals surface area contributed by atoms with Crippen molar-refractivity contribution >= 4 is 5.69 Å². The number of nitriles is 1. The van der Waals surface area contributed by atoms with Crippen LogP contribution < -0.4 is 5.32 Å². The Labute approximate surface area is 118 Å². The number of nitrogens with zero attached hydrogens (tertiary/aromatic N) is 1. The van der Waals surface area contributed by atoms with E-state index >= 15 is 0 Å². The van der Waals surface area contributed by atoms with E-state index in [-0.39, 0.29) is 12.1 Å². The Hall–Kier alpha value is -2.55. The van der Waals surface area contributed by atoms with Crippen LogP contribution in [0, 0.1) is 17.1 Å². The molecular formula is C15H10F4N2. The summed E-state index contributed by atoms with van der Waals surface area (Å²) in [5.74, 6) is -0.674. The van der Waals surface area contributed by atoms with E-state index in [4.69, 9.17) is 5.26 Å². The van der Waals surface area contributed by atoms with Crippen molar-refractivity contribution in [1.82, 2.24) is 0 Å². The first-order valence-electron chi connectivity index (χ1n) is 6.00. The Kier molecular flexibility index (Phi) is 4.13. The molecule has 0 spiro atoms. The Morgan fingerprint density at radius 3 is 2.48 bits per heavy atom. The van der Waals surface area contributed by atoms with Gasteiger partial charge in [0.1, 0.15) is 11.9 Å². The summed E-state index contributed by atoms with van der Waals surface area (Å²) in [4.78, 5) is 0. The SMILES string of the molecule is N#Cc1ccc(NCc2cccc(C(F)(F)F)c2)cc1F. The number of halogens is 4. The maximum Gasteiger partial charge on any atom is 0.416 e. The zero-order chi connectivity index (χ0) is 15.5. The Bertz CT molecular complexity index is 687. The molecule has 108 valence electrons. The van der Waals surface area contributed by atoms with Crippen LogP contribution in [0.25, 0.3) is 0 Å². The fourth-order valence-corrected chi connectivity index (χ4v) is 1.78. The average molecular weight is 294 g/mol. The molecule has 0 aromatic heterocycles. The molecule has 2 aromatic carbocycles. The minimum Gasteiger partial charge on any atom is -0.381 e. The van der Waals surface area contributed by atoms with E-state index in [1.54, 1.807) is 12.1 Å². The first-order chi connectivity index (χ1) is 9.90. The van der Waals surface area contributed by atoms with E-state index in [0.29, 0.717) is 11.3 Å². The minimum absolute atomic E-state index is 0.0837. The second-order valence-electron chi connectivity index (χ2n) is 4.36. The van der Waals surface area contributed by atoms with Gasteiger partial charge in [0.15, 0.2) is 0 Å². The summed E-state index contributed by atoms with van der Waals surface area (Å²) in [6, 6.07) is 10.5. The van der Waals surface area contributed by atoms with Crippen molar-refractivity contribution in [2.24, 2.45) is 0 Å². The molecule has 6 heteroatoms. The molecule has 0 heterocycles. The normalized spacial score (nSPS) is 11.0. The predicted molar refractivity (Wildman–Crippen MR) is 69.9 cm³/mol. The molecule has 0 aliphatic heterocycles. The van der Waals surface area contributed by atoms with E-state index in [0.717, 1.165) is 18.2 Å². The van der Waals surface area contributed by atoms with Gasteiger partial charge in [-0.15, -0.1) is 0 Å². The number of anilines is 1. The molecule has 2 rings (SSSR count). The summed E-state index contributed by atoms with van der Waals surface area (Å²) in [6.45, 7) is 0.120. The fraction of sp³-hybridized carbons (Fsp3) is 0.133. The van der Waals surface area contributed by atoms with Crippen molar-refractivity contribution in [3.8, 4) is 6.07 Å². The lowest BCUT2D eigenvalue weighted by Crippen LogP contribution is -2.07. The van der Waals surface area contributed by atoms with Crippen LogP contribution in [0.4, 0.5) is 23.2 Å². The number of rotatable bonds is 3. The maximum absolute atomic E-state index is 13.4. The topological polar surface area (TPSA) is 35.8 Å². The summed E-state index contributed by atoms with van der Waals surface area (Å²) in [5, 5.41) is 11.4. The molecule has 0 fully saturated rings. The fourth-order valence-electron chi connectivity index (χ4n) is 1.78. The smallest absolute Gasteiger partial charge is 0.381 e. The Morgan fingerprint density at radius 1 is 1.10 bits per heavy atom. The molecule has 0 aliphatic rings. The number of hydrogen-bond acceptors (Lipinski definition) is 2. The van der Waals surface area contributed by atoms with Crippen molar-refractivity contribution in [1.29, 1.82) is 5.26 Å². The van der Waals surface area contributed by atoms with E-state index in [9.17, 15) is 17.6 Å². The monoisotopic (exact) mass is 294 g/mol. The molecule has 0 atom stereocenters. The lowest BCUT2D eigenvalue weighted by molar-refractivity contribution is -0.137. The van der Waals surface area contributed by atoms with Crippen LogP contribution in [0.1, 0.15) is 16.7 Å². The molecule has 0 saturated heterocycles. The largest absolute Gasteiger partial charge is 0.416 e. The van der Waals surface area contributed by atoms with Crippen molar-refractivity contribution in [2.45, 2.75) is 12.7 Å². The maximum atomic E-state index is 13.4. The highest BCUT2D eigenvalue weighted by molar-refractivity contribution is 5.48. The molecule has 0 amide bonds. The van der Waals surface area contributed by atoms with Gasteiger partial charge in [0.05, 0.1) is 11.1 Å². The van der Waals surface area contributed by atoms with Gasteiger partial charge in [-0.25, -0.2) is 4.39 Å². The number of hydrogen-bond donors (Lipinski definition) is 1.